The summed E-state index contributed by atoms with van der Waals surface area (Å²) in [6.07, 6.45) is 1.63. The summed E-state index contributed by atoms with van der Waals surface area (Å²) >= 11 is 0. The minimum atomic E-state index is -3.58. The van der Waals surface area contributed by atoms with Crippen LogP contribution in [-0.4, -0.2) is 20.5 Å². The standard InChI is InChI=1S/C14H16N2O3S/c1-11(14-5-3-4-10-15-14)16-20(17,18)13-8-6-12(19-2)7-9-13/h3-11,16H,1-2H3/t11-/m0/s1. The predicted molar refractivity (Wildman–Crippen MR) is 76.0 cm³/mol. The van der Waals surface area contributed by atoms with Crippen LogP contribution in [0.5, 0.6) is 5.75 Å². The van der Waals surface area contributed by atoms with E-state index in [1.54, 1.807) is 37.4 Å². The van der Waals surface area contributed by atoms with Crippen molar-refractivity contribution >= 4 is 10.0 Å². The van der Waals surface area contributed by atoms with E-state index >= 15 is 0 Å². The first-order valence-corrected chi connectivity index (χ1v) is 7.58. The smallest absolute Gasteiger partial charge is 0.241 e. The fraction of sp³-hybridized carbons (Fsp3) is 0.214. The van der Waals surface area contributed by atoms with E-state index in [2.05, 4.69) is 9.71 Å². The van der Waals surface area contributed by atoms with E-state index in [1.807, 2.05) is 6.07 Å². The molecule has 20 heavy (non-hydrogen) atoms. The Labute approximate surface area is 118 Å². The molecular formula is C14H16N2O3S. The number of nitrogens with zero attached hydrogens (tertiary/aromatic N) is 1. The Hall–Kier alpha value is -1.92. The minimum absolute atomic E-state index is 0.195. The van der Waals surface area contributed by atoms with Crippen LogP contribution in [0.15, 0.2) is 53.6 Å². The first-order valence-electron chi connectivity index (χ1n) is 6.10. The third-order valence-electron chi connectivity index (χ3n) is 2.83. The Morgan fingerprint density at radius 2 is 1.85 bits per heavy atom. The highest BCUT2D eigenvalue weighted by molar-refractivity contribution is 7.89. The molecular weight excluding hydrogens is 276 g/mol. The van der Waals surface area contributed by atoms with Crippen molar-refractivity contribution in [1.29, 1.82) is 0 Å². The van der Waals surface area contributed by atoms with Gasteiger partial charge >= 0.3 is 0 Å². The van der Waals surface area contributed by atoms with Gasteiger partial charge in [0.1, 0.15) is 5.75 Å². The zero-order valence-electron chi connectivity index (χ0n) is 11.3. The van der Waals surface area contributed by atoms with Crippen LogP contribution in [0.4, 0.5) is 0 Å². The molecule has 5 nitrogen and oxygen atoms in total. The number of nitrogens with one attached hydrogen (secondary N) is 1. The van der Waals surface area contributed by atoms with Crippen molar-refractivity contribution in [3.8, 4) is 5.75 Å². The highest BCUT2D eigenvalue weighted by Gasteiger charge is 2.18. The second-order valence-electron chi connectivity index (χ2n) is 4.27. The first-order chi connectivity index (χ1) is 9.53. The molecule has 0 spiro atoms. The fourth-order valence-corrected chi connectivity index (χ4v) is 2.96. The van der Waals surface area contributed by atoms with Crippen molar-refractivity contribution in [3.63, 3.8) is 0 Å². The fourth-order valence-electron chi connectivity index (χ4n) is 1.75. The number of methoxy groups -OCH3 is 1. The Balaban J connectivity index is 2.18. The Kier molecular flexibility index (Phi) is 4.36. The molecule has 0 radical (unpaired) electrons. The lowest BCUT2D eigenvalue weighted by Gasteiger charge is -2.13. The van der Waals surface area contributed by atoms with Gasteiger partial charge in [0.05, 0.1) is 23.7 Å². The van der Waals surface area contributed by atoms with Gasteiger partial charge in [-0.15, -0.1) is 0 Å². The van der Waals surface area contributed by atoms with E-state index in [0.717, 1.165) is 0 Å². The van der Waals surface area contributed by atoms with Gasteiger partial charge in [0, 0.05) is 6.20 Å². The maximum atomic E-state index is 12.2. The summed E-state index contributed by atoms with van der Waals surface area (Å²) in [4.78, 5) is 4.33. The molecule has 1 aromatic carbocycles. The normalized spacial score (nSPS) is 12.9. The summed E-state index contributed by atoms with van der Waals surface area (Å²) in [5.41, 5.74) is 0.671. The van der Waals surface area contributed by atoms with Crippen molar-refractivity contribution in [2.24, 2.45) is 0 Å². The van der Waals surface area contributed by atoms with Crippen LogP contribution in [0.1, 0.15) is 18.7 Å². The Bertz CT molecular complexity index is 655. The summed E-state index contributed by atoms with van der Waals surface area (Å²) < 4.78 is 32.1. The van der Waals surface area contributed by atoms with Gasteiger partial charge in [0.15, 0.2) is 0 Å². The highest BCUT2D eigenvalue weighted by atomic mass is 32.2. The summed E-state index contributed by atoms with van der Waals surface area (Å²) in [5, 5.41) is 0. The number of rotatable bonds is 5. The number of sulfonamides is 1. The zero-order chi connectivity index (χ0) is 14.6. The van der Waals surface area contributed by atoms with Gasteiger partial charge in [-0.25, -0.2) is 13.1 Å². The predicted octanol–water partition coefficient (Wildman–Crippen LogP) is 2.13. The van der Waals surface area contributed by atoms with E-state index in [1.165, 1.54) is 19.2 Å². The van der Waals surface area contributed by atoms with Gasteiger partial charge in [-0.2, -0.15) is 0 Å². The van der Waals surface area contributed by atoms with Crippen LogP contribution in [0.3, 0.4) is 0 Å². The van der Waals surface area contributed by atoms with Gasteiger partial charge in [-0.3, -0.25) is 4.98 Å². The molecule has 6 heteroatoms. The molecule has 106 valence electrons. The molecule has 0 bridgehead atoms. The first kappa shape index (κ1) is 14.5. The number of ether oxygens (including phenoxy) is 1. The second kappa shape index (κ2) is 6.02. The molecule has 2 rings (SSSR count). The topological polar surface area (TPSA) is 68.3 Å². The Morgan fingerprint density at radius 3 is 2.40 bits per heavy atom. The SMILES string of the molecule is COc1ccc(S(=O)(=O)N[C@@H](C)c2ccccn2)cc1. The van der Waals surface area contributed by atoms with Crippen LogP contribution in [0.2, 0.25) is 0 Å². The zero-order valence-corrected chi connectivity index (χ0v) is 12.1. The largest absolute Gasteiger partial charge is 0.497 e. The van der Waals surface area contributed by atoms with Crippen LogP contribution < -0.4 is 9.46 Å². The van der Waals surface area contributed by atoms with E-state index < -0.39 is 16.1 Å². The number of hydrogen-bond donors (Lipinski definition) is 1. The van der Waals surface area contributed by atoms with Crippen LogP contribution in [0, 0.1) is 0 Å². The molecule has 0 aliphatic rings. The maximum Gasteiger partial charge on any atom is 0.241 e. The molecule has 0 amide bonds. The van der Waals surface area contributed by atoms with Gasteiger partial charge < -0.3 is 4.74 Å². The van der Waals surface area contributed by atoms with E-state index in [4.69, 9.17) is 4.74 Å². The molecule has 0 unspecified atom stereocenters. The maximum absolute atomic E-state index is 12.2. The lowest BCUT2D eigenvalue weighted by molar-refractivity contribution is 0.414. The minimum Gasteiger partial charge on any atom is -0.497 e. The van der Waals surface area contributed by atoms with Gasteiger partial charge in [0.2, 0.25) is 10.0 Å². The quantitative estimate of drug-likeness (QED) is 0.916. The van der Waals surface area contributed by atoms with Crippen molar-refractivity contribution in [1.82, 2.24) is 9.71 Å². The number of aromatic nitrogens is 1. The van der Waals surface area contributed by atoms with Crippen LogP contribution >= 0.6 is 0 Å². The average molecular weight is 292 g/mol. The molecule has 1 heterocycles. The van der Waals surface area contributed by atoms with Gasteiger partial charge in [-0.1, -0.05) is 6.07 Å². The summed E-state index contributed by atoms with van der Waals surface area (Å²) in [6.45, 7) is 1.75. The summed E-state index contributed by atoms with van der Waals surface area (Å²) in [5.74, 6) is 0.613. The third-order valence-corrected chi connectivity index (χ3v) is 4.39. The van der Waals surface area contributed by atoms with Crippen LogP contribution in [0.25, 0.3) is 0 Å². The average Bonchev–Trinajstić information content (AvgIpc) is 2.48. The molecule has 1 atom stereocenters. The summed E-state index contributed by atoms with van der Waals surface area (Å²) in [7, 11) is -2.05. The van der Waals surface area contributed by atoms with Crippen molar-refractivity contribution in [2.45, 2.75) is 17.9 Å². The van der Waals surface area contributed by atoms with Crippen molar-refractivity contribution in [2.75, 3.05) is 7.11 Å². The second-order valence-corrected chi connectivity index (χ2v) is 5.99. The molecule has 0 saturated carbocycles. The lowest BCUT2D eigenvalue weighted by Crippen LogP contribution is -2.27. The molecule has 0 saturated heterocycles. The Morgan fingerprint density at radius 1 is 1.15 bits per heavy atom. The number of pyridine rings is 1. The van der Waals surface area contributed by atoms with E-state index in [9.17, 15) is 8.42 Å². The monoisotopic (exact) mass is 292 g/mol. The highest BCUT2D eigenvalue weighted by Crippen LogP contribution is 2.18. The molecule has 1 aromatic heterocycles. The molecule has 1 N–H and O–H groups in total. The molecule has 0 aliphatic heterocycles. The third kappa shape index (κ3) is 3.34. The summed E-state index contributed by atoms with van der Waals surface area (Å²) in [6, 6.07) is 11.2. The van der Waals surface area contributed by atoms with E-state index in [0.29, 0.717) is 11.4 Å². The molecule has 2 aromatic rings. The number of hydrogen-bond acceptors (Lipinski definition) is 4. The number of benzene rings is 1. The van der Waals surface area contributed by atoms with Crippen molar-refractivity contribution < 1.29 is 13.2 Å². The van der Waals surface area contributed by atoms with Crippen LogP contribution in [-0.2, 0) is 10.0 Å². The van der Waals surface area contributed by atoms with Crippen molar-refractivity contribution in [3.05, 3.63) is 54.4 Å². The van der Waals surface area contributed by atoms with Gasteiger partial charge in [-0.05, 0) is 43.3 Å². The molecule has 0 fully saturated rings. The van der Waals surface area contributed by atoms with E-state index in [-0.39, 0.29) is 4.90 Å². The van der Waals surface area contributed by atoms with Gasteiger partial charge in [0.25, 0.3) is 0 Å². The lowest BCUT2D eigenvalue weighted by atomic mass is 10.2. The molecule has 0 aliphatic carbocycles.